The van der Waals surface area contributed by atoms with Crippen molar-refractivity contribution in [3.63, 3.8) is 0 Å². The Hall–Kier alpha value is -1.76. The molecule has 6 nitrogen and oxygen atoms in total. The maximum Gasteiger partial charge on any atom is 0.242 e. The number of thiocarbonyl (C=S) groups is 1. The minimum atomic E-state index is -0.351. The molecule has 1 atom stereocenters. The molecule has 1 aliphatic rings. The lowest BCUT2D eigenvalue weighted by Gasteiger charge is -2.14. The van der Waals surface area contributed by atoms with Crippen LogP contribution < -0.4 is 16.4 Å². The van der Waals surface area contributed by atoms with Crippen molar-refractivity contribution >= 4 is 28.9 Å². The number of aromatic nitrogens is 2. The number of nitrogens with two attached hydrogens (primary N) is 1. The maximum atomic E-state index is 11.7. The fraction of sp³-hybridized carbons (Fsp3) is 0.455. The molecule has 1 aromatic rings. The van der Waals surface area contributed by atoms with Gasteiger partial charge in [0.1, 0.15) is 22.5 Å². The van der Waals surface area contributed by atoms with E-state index in [1.165, 1.54) is 12.4 Å². The Bertz CT molecular complexity index is 457. The third-order valence-electron chi connectivity index (χ3n) is 2.59. The molecule has 1 heterocycles. The van der Waals surface area contributed by atoms with E-state index in [9.17, 15) is 4.79 Å². The van der Waals surface area contributed by atoms with Gasteiger partial charge in [-0.25, -0.2) is 9.97 Å². The van der Waals surface area contributed by atoms with Gasteiger partial charge >= 0.3 is 0 Å². The molecule has 1 unspecified atom stereocenters. The summed E-state index contributed by atoms with van der Waals surface area (Å²) in [6, 6.07) is 0.000372. The van der Waals surface area contributed by atoms with E-state index in [-0.39, 0.29) is 16.9 Å². The molecule has 0 radical (unpaired) electrons. The van der Waals surface area contributed by atoms with Crippen LogP contribution in [0.15, 0.2) is 12.4 Å². The first-order valence-corrected chi connectivity index (χ1v) is 6.16. The predicted octanol–water partition coefficient (Wildman–Crippen LogP) is 0.190. The second-order valence-corrected chi connectivity index (χ2v) is 4.74. The van der Waals surface area contributed by atoms with Crippen LogP contribution in [0.4, 0.5) is 5.82 Å². The zero-order chi connectivity index (χ0) is 13.1. The van der Waals surface area contributed by atoms with E-state index < -0.39 is 0 Å². The zero-order valence-electron chi connectivity index (χ0n) is 10.0. The molecule has 1 amide bonds. The Morgan fingerprint density at radius 1 is 1.50 bits per heavy atom. The van der Waals surface area contributed by atoms with Crippen molar-refractivity contribution in [2.24, 2.45) is 5.73 Å². The van der Waals surface area contributed by atoms with Crippen LogP contribution in [-0.4, -0.2) is 32.9 Å². The third-order valence-corrected chi connectivity index (χ3v) is 2.79. The number of nitrogens with zero attached hydrogens (tertiary/aromatic N) is 2. The molecule has 0 bridgehead atoms. The van der Waals surface area contributed by atoms with Crippen LogP contribution in [0.25, 0.3) is 0 Å². The van der Waals surface area contributed by atoms with Crippen LogP contribution in [0.5, 0.6) is 0 Å². The van der Waals surface area contributed by atoms with Crippen molar-refractivity contribution in [3.05, 3.63) is 18.1 Å². The highest BCUT2D eigenvalue weighted by atomic mass is 32.1. The number of nitrogens with one attached hydrogen (secondary N) is 2. The van der Waals surface area contributed by atoms with Crippen molar-refractivity contribution in [1.82, 2.24) is 15.3 Å². The fourth-order valence-electron chi connectivity index (χ4n) is 1.37. The Balaban J connectivity index is 1.91. The number of hydrogen-bond acceptors (Lipinski definition) is 5. The van der Waals surface area contributed by atoms with E-state index >= 15 is 0 Å². The summed E-state index contributed by atoms with van der Waals surface area (Å²) in [4.78, 5) is 20.0. The fourth-order valence-corrected chi connectivity index (χ4v) is 1.48. The van der Waals surface area contributed by atoms with Gasteiger partial charge < -0.3 is 16.4 Å². The number of carbonyl (C=O) groups is 1. The van der Waals surface area contributed by atoms with Gasteiger partial charge in [-0.1, -0.05) is 12.2 Å². The number of amides is 1. The molecule has 96 valence electrons. The molecule has 18 heavy (non-hydrogen) atoms. The minimum absolute atomic E-state index is 0.0299. The number of anilines is 1. The van der Waals surface area contributed by atoms with Crippen LogP contribution in [0.1, 0.15) is 25.5 Å². The zero-order valence-corrected chi connectivity index (χ0v) is 10.8. The minimum Gasteiger partial charge on any atom is -0.388 e. The summed E-state index contributed by atoms with van der Waals surface area (Å²) in [6.45, 7) is 1.78. The highest BCUT2D eigenvalue weighted by Crippen LogP contribution is 2.18. The lowest BCUT2D eigenvalue weighted by atomic mass is 10.3. The summed E-state index contributed by atoms with van der Waals surface area (Å²) in [5.41, 5.74) is 5.88. The molecule has 4 N–H and O–H groups in total. The van der Waals surface area contributed by atoms with Gasteiger partial charge in [0.15, 0.2) is 0 Å². The summed E-state index contributed by atoms with van der Waals surface area (Å²) in [6.07, 6.45) is 5.13. The maximum absolute atomic E-state index is 11.7. The van der Waals surface area contributed by atoms with Crippen LogP contribution >= 0.6 is 12.2 Å². The standard InChI is InChI=1S/C11H15N5OS/c1-6(11(17)16-7-2-3-7)15-9-5-13-8(4-14-9)10(12)18/h4-7H,2-3H2,1H3,(H2,12,18)(H,14,15)(H,16,17). The van der Waals surface area contributed by atoms with Gasteiger partial charge in [-0.3, -0.25) is 4.79 Å². The summed E-state index contributed by atoms with van der Waals surface area (Å²) < 4.78 is 0. The molecule has 1 saturated carbocycles. The van der Waals surface area contributed by atoms with E-state index in [0.29, 0.717) is 17.6 Å². The van der Waals surface area contributed by atoms with Crippen LogP contribution in [-0.2, 0) is 4.79 Å². The van der Waals surface area contributed by atoms with Gasteiger partial charge in [0, 0.05) is 6.04 Å². The van der Waals surface area contributed by atoms with E-state index in [4.69, 9.17) is 18.0 Å². The monoisotopic (exact) mass is 265 g/mol. The van der Waals surface area contributed by atoms with Crippen molar-refractivity contribution in [1.29, 1.82) is 0 Å². The quantitative estimate of drug-likeness (QED) is 0.658. The largest absolute Gasteiger partial charge is 0.388 e. The summed E-state index contributed by atoms with van der Waals surface area (Å²) >= 11 is 4.78. The van der Waals surface area contributed by atoms with Gasteiger partial charge in [0.2, 0.25) is 5.91 Å². The van der Waals surface area contributed by atoms with E-state index in [2.05, 4.69) is 20.6 Å². The molecule has 7 heteroatoms. The SMILES string of the molecule is CC(Nc1cnc(C(N)=S)cn1)C(=O)NC1CC1. The summed E-state index contributed by atoms with van der Waals surface area (Å²) in [7, 11) is 0. The topological polar surface area (TPSA) is 92.9 Å². The first kappa shape index (κ1) is 12.7. The van der Waals surface area contributed by atoms with Crippen LogP contribution in [0, 0.1) is 0 Å². The Kier molecular flexibility index (Phi) is 3.71. The van der Waals surface area contributed by atoms with Crippen LogP contribution in [0.2, 0.25) is 0 Å². The molecule has 1 aromatic heterocycles. The Labute approximate surface area is 110 Å². The van der Waals surface area contributed by atoms with Gasteiger partial charge in [-0.05, 0) is 19.8 Å². The molecule has 0 aromatic carbocycles. The second-order valence-electron chi connectivity index (χ2n) is 4.30. The first-order valence-electron chi connectivity index (χ1n) is 5.75. The number of rotatable bonds is 5. The van der Waals surface area contributed by atoms with Gasteiger partial charge in [0.25, 0.3) is 0 Å². The van der Waals surface area contributed by atoms with Crippen molar-refractivity contribution < 1.29 is 4.79 Å². The van der Waals surface area contributed by atoms with Gasteiger partial charge in [-0.15, -0.1) is 0 Å². The number of carbonyl (C=O) groups excluding carboxylic acids is 1. The molecule has 1 aliphatic carbocycles. The third kappa shape index (κ3) is 3.36. The highest BCUT2D eigenvalue weighted by Gasteiger charge is 2.25. The van der Waals surface area contributed by atoms with Crippen molar-refractivity contribution in [2.75, 3.05) is 5.32 Å². The van der Waals surface area contributed by atoms with Crippen molar-refractivity contribution in [2.45, 2.75) is 31.8 Å². The summed E-state index contributed by atoms with van der Waals surface area (Å²) in [5, 5.41) is 5.88. The molecule has 1 fully saturated rings. The molecule has 2 rings (SSSR count). The van der Waals surface area contributed by atoms with Crippen molar-refractivity contribution in [3.8, 4) is 0 Å². The predicted molar refractivity (Wildman–Crippen MR) is 72.2 cm³/mol. The Morgan fingerprint density at radius 3 is 2.72 bits per heavy atom. The lowest BCUT2D eigenvalue weighted by molar-refractivity contribution is -0.121. The van der Waals surface area contributed by atoms with E-state index in [0.717, 1.165) is 12.8 Å². The molecule has 0 aliphatic heterocycles. The van der Waals surface area contributed by atoms with Gasteiger partial charge in [-0.2, -0.15) is 0 Å². The van der Waals surface area contributed by atoms with E-state index in [1.807, 2.05) is 0 Å². The molecule has 0 spiro atoms. The highest BCUT2D eigenvalue weighted by molar-refractivity contribution is 7.80. The molecule has 0 saturated heterocycles. The average Bonchev–Trinajstić information content (AvgIpc) is 3.13. The van der Waals surface area contributed by atoms with E-state index in [1.54, 1.807) is 6.92 Å². The Morgan fingerprint density at radius 2 is 2.22 bits per heavy atom. The summed E-state index contributed by atoms with van der Waals surface area (Å²) in [5.74, 6) is 0.492. The smallest absolute Gasteiger partial charge is 0.242 e. The second kappa shape index (κ2) is 5.26. The van der Waals surface area contributed by atoms with Gasteiger partial charge in [0.05, 0.1) is 12.4 Å². The average molecular weight is 265 g/mol. The molecular weight excluding hydrogens is 250 g/mol. The van der Waals surface area contributed by atoms with Crippen LogP contribution in [0.3, 0.4) is 0 Å². The lowest BCUT2D eigenvalue weighted by Crippen LogP contribution is -2.38. The molecular formula is C11H15N5OS. The number of hydrogen-bond donors (Lipinski definition) is 3. The normalized spacial score (nSPS) is 15.8. The first-order chi connectivity index (χ1) is 8.56.